The van der Waals surface area contributed by atoms with Gasteiger partial charge in [0, 0.05) is 12.6 Å². The maximum atomic E-state index is 13.9. The van der Waals surface area contributed by atoms with Crippen molar-refractivity contribution in [2.75, 3.05) is 10.8 Å². The normalized spacial score (nSPS) is 12.3. The fourth-order valence-electron chi connectivity index (χ4n) is 4.04. The number of nitrogens with zero attached hydrogens (tertiary/aromatic N) is 2. The molecule has 0 bridgehead atoms. The van der Waals surface area contributed by atoms with E-state index in [1.54, 1.807) is 37.3 Å². The minimum atomic E-state index is -4.07. The minimum Gasteiger partial charge on any atom is -0.352 e. The molecule has 0 aliphatic carbocycles. The summed E-state index contributed by atoms with van der Waals surface area (Å²) in [5.41, 5.74) is 2.27. The van der Waals surface area contributed by atoms with Gasteiger partial charge in [-0.3, -0.25) is 13.9 Å². The predicted molar refractivity (Wildman–Crippen MR) is 151 cm³/mol. The molecule has 0 radical (unpaired) electrons. The van der Waals surface area contributed by atoms with Crippen LogP contribution in [0.2, 0.25) is 0 Å². The number of amides is 2. The lowest BCUT2D eigenvalue weighted by Gasteiger charge is -2.32. The van der Waals surface area contributed by atoms with Crippen molar-refractivity contribution in [2.45, 2.75) is 64.1 Å². The average Bonchev–Trinajstić information content (AvgIpc) is 2.90. The van der Waals surface area contributed by atoms with E-state index in [9.17, 15) is 18.0 Å². The van der Waals surface area contributed by atoms with Crippen LogP contribution in [0, 0.1) is 0 Å². The lowest BCUT2D eigenvalue weighted by atomic mass is 10.0. The quantitative estimate of drug-likeness (QED) is 0.377. The van der Waals surface area contributed by atoms with Crippen molar-refractivity contribution in [1.29, 1.82) is 0 Å². The van der Waals surface area contributed by atoms with Gasteiger partial charge in [-0.1, -0.05) is 74.5 Å². The van der Waals surface area contributed by atoms with Gasteiger partial charge < -0.3 is 10.2 Å². The number of nitrogens with one attached hydrogen (secondary N) is 1. The molecule has 3 aromatic rings. The Morgan fingerprint density at radius 1 is 0.789 bits per heavy atom. The van der Waals surface area contributed by atoms with Gasteiger partial charge in [-0.2, -0.15) is 0 Å². The Balaban J connectivity index is 2.02. The highest BCUT2D eigenvalue weighted by Gasteiger charge is 2.32. The van der Waals surface area contributed by atoms with Crippen molar-refractivity contribution in [3.05, 3.63) is 96.1 Å². The Morgan fingerprint density at radius 3 is 1.87 bits per heavy atom. The monoisotopic (exact) mass is 535 g/mol. The first-order chi connectivity index (χ1) is 18.0. The molecule has 3 aromatic carbocycles. The molecule has 0 aliphatic heterocycles. The van der Waals surface area contributed by atoms with Crippen LogP contribution in [-0.4, -0.2) is 43.8 Å². The summed E-state index contributed by atoms with van der Waals surface area (Å²) in [5.74, 6) is -0.512. The molecule has 3 rings (SSSR count). The fraction of sp³-hybridized carbons (Fsp3) is 0.333. The lowest BCUT2D eigenvalue weighted by Crippen LogP contribution is -2.52. The number of anilines is 1. The number of rotatable bonds is 11. The standard InChI is InChI=1S/C30H37N3O4S/c1-22(2)26-16-18-27(19-17-26)33(38(36,37)28-14-10-7-11-15-28)21-29(34)32(20-25-12-8-6-9-13-25)24(5)30(35)31-23(3)4/h6-19,22-24H,20-21H2,1-5H3,(H,31,35). The summed E-state index contributed by atoms with van der Waals surface area (Å²) in [6, 6.07) is 23.7. The van der Waals surface area contributed by atoms with Crippen LogP contribution in [0.4, 0.5) is 5.69 Å². The minimum absolute atomic E-state index is 0.0842. The summed E-state index contributed by atoms with van der Waals surface area (Å²) in [5, 5.41) is 2.86. The Kier molecular flexibility index (Phi) is 9.69. The van der Waals surface area contributed by atoms with Gasteiger partial charge in [0.25, 0.3) is 10.0 Å². The molecular weight excluding hydrogens is 498 g/mol. The molecular formula is C30H37N3O4S. The molecule has 8 heteroatoms. The summed E-state index contributed by atoms with van der Waals surface area (Å²) in [7, 11) is -4.07. The maximum absolute atomic E-state index is 13.9. The van der Waals surface area contributed by atoms with Crippen LogP contribution >= 0.6 is 0 Å². The summed E-state index contributed by atoms with van der Waals surface area (Å²) >= 11 is 0. The molecule has 0 heterocycles. The smallest absolute Gasteiger partial charge is 0.264 e. The van der Waals surface area contributed by atoms with Crippen LogP contribution < -0.4 is 9.62 Å². The Bertz CT molecular complexity index is 1310. The molecule has 202 valence electrons. The highest BCUT2D eigenvalue weighted by molar-refractivity contribution is 7.92. The second-order valence-electron chi connectivity index (χ2n) is 9.92. The van der Waals surface area contributed by atoms with E-state index >= 15 is 0 Å². The van der Waals surface area contributed by atoms with Crippen LogP contribution in [-0.2, 0) is 26.2 Å². The van der Waals surface area contributed by atoms with Gasteiger partial charge in [-0.15, -0.1) is 0 Å². The number of hydrogen-bond donors (Lipinski definition) is 1. The third-order valence-electron chi connectivity index (χ3n) is 6.25. The van der Waals surface area contributed by atoms with Crippen LogP contribution in [0.15, 0.2) is 89.8 Å². The second-order valence-corrected chi connectivity index (χ2v) is 11.8. The van der Waals surface area contributed by atoms with Gasteiger partial charge in [0.2, 0.25) is 11.8 Å². The van der Waals surface area contributed by atoms with Gasteiger partial charge in [0.1, 0.15) is 12.6 Å². The fourth-order valence-corrected chi connectivity index (χ4v) is 5.48. The van der Waals surface area contributed by atoms with E-state index in [0.717, 1.165) is 15.4 Å². The van der Waals surface area contributed by atoms with E-state index in [1.165, 1.54) is 17.0 Å². The van der Waals surface area contributed by atoms with Gasteiger partial charge >= 0.3 is 0 Å². The van der Waals surface area contributed by atoms with Crippen molar-refractivity contribution in [1.82, 2.24) is 10.2 Å². The van der Waals surface area contributed by atoms with E-state index in [1.807, 2.05) is 56.3 Å². The van der Waals surface area contributed by atoms with Gasteiger partial charge in [-0.25, -0.2) is 8.42 Å². The van der Waals surface area contributed by atoms with Crippen molar-refractivity contribution in [2.24, 2.45) is 0 Å². The zero-order valence-electron chi connectivity index (χ0n) is 22.7. The number of sulfonamides is 1. The molecule has 1 N–H and O–H groups in total. The first-order valence-corrected chi connectivity index (χ1v) is 14.3. The summed E-state index contributed by atoms with van der Waals surface area (Å²) in [4.78, 5) is 28.3. The molecule has 0 aromatic heterocycles. The predicted octanol–water partition coefficient (Wildman–Crippen LogP) is 4.95. The average molecular weight is 536 g/mol. The summed E-state index contributed by atoms with van der Waals surface area (Å²) in [6.07, 6.45) is 0. The second kappa shape index (κ2) is 12.7. The van der Waals surface area contributed by atoms with Crippen molar-refractivity contribution in [3.8, 4) is 0 Å². The molecule has 38 heavy (non-hydrogen) atoms. The summed E-state index contributed by atoms with van der Waals surface area (Å²) in [6.45, 7) is 9.18. The molecule has 2 amide bonds. The van der Waals surface area contributed by atoms with E-state index in [4.69, 9.17) is 0 Å². The molecule has 0 fully saturated rings. The Morgan fingerprint density at radius 2 is 1.34 bits per heavy atom. The molecule has 0 spiro atoms. The van der Waals surface area contributed by atoms with E-state index in [2.05, 4.69) is 19.2 Å². The number of carbonyl (C=O) groups excluding carboxylic acids is 2. The molecule has 1 atom stereocenters. The summed E-state index contributed by atoms with van der Waals surface area (Å²) < 4.78 is 28.7. The van der Waals surface area contributed by atoms with E-state index in [0.29, 0.717) is 5.69 Å². The van der Waals surface area contributed by atoms with E-state index < -0.39 is 28.5 Å². The number of hydrogen-bond acceptors (Lipinski definition) is 4. The zero-order chi connectivity index (χ0) is 27.9. The Hall–Kier alpha value is -3.65. The van der Waals surface area contributed by atoms with Crippen LogP contribution in [0.25, 0.3) is 0 Å². The van der Waals surface area contributed by atoms with Gasteiger partial charge in [0.05, 0.1) is 10.6 Å². The largest absolute Gasteiger partial charge is 0.352 e. The SMILES string of the molecule is CC(C)NC(=O)C(C)N(Cc1ccccc1)C(=O)CN(c1ccc(C(C)C)cc1)S(=O)(=O)c1ccccc1. The number of carbonyl (C=O) groups is 2. The van der Waals surface area contributed by atoms with Crippen LogP contribution in [0.1, 0.15) is 51.7 Å². The molecule has 1 unspecified atom stereocenters. The number of benzene rings is 3. The topological polar surface area (TPSA) is 86.8 Å². The van der Waals surface area contributed by atoms with Crippen molar-refractivity contribution >= 4 is 27.5 Å². The molecule has 7 nitrogen and oxygen atoms in total. The highest BCUT2D eigenvalue weighted by atomic mass is 32.2. The molecule has 0 saturated heterocycles. The van der Waals surface area contributed by atoms with Gasteiger partial charge in [0.15, 0.2) is 0 Å². The third kappa shape index (κ3) is 7.22. The highest BCUT2D eigenvalue weighted by Crippen LogP contribution is 2.26. The lowest BCUT2D eigenvalue weighted by molar-refractivity contribution is -0.139. The van der Waals surface area contributed by atoms with E-state index in [-0.39, 0.29) is 29.3 Å². The van der Waals surface area contributed by atoms with Crippen molar-refractivity contribution < 1.29 is 18.0 Å². The van der Waals surface area contributed by atoms with Crippen LogP contribution in [0.5, 0.6) is 0 Å². The van der Waals surface area contributed by atoms with Gasteiger partial charge in [-0.05, 0) is 62.1 Å². The van der Waals surface area contributed by atoms with Crippen LogP contribution in [0.3, 0.4) is 0 Å². The molecule has 0 aliphatic rings. The maximum Gasteiger partial charge on any atom is 0.264 e. The first-order valence-electron chi connectivity index (χ1n) is 12.8. The first kappa shape index (κ1) is 28.9. The van der Waals surface area contributed by atoms with Crippen molar-refractivity contribution in [3.63, 3.8) is 0 Å². The Labute approximate surface area is 226 Å². The zero-order valence-corrected chi connectivity index (χ0v) is 23.5. The molecule has 0 saturated carbocycles. The third-order valence-corrected chi connectivity index (χ3v) is 8.04.